The molecule has 3 aliphatic rings. The number of benzene rings is 1. The number of hydrogen-bond donors (Lipinski definition) is 0. The number of fused-ring (bicyclic) bond motifs is 1. The second kappa shape index (κ2) is 4.77. The maximum Gasteiger partial charge on any atom is 0.227 e. The fourth-order valence-electron chi connectivity index (χ4n) is 4.61. The van der Waals surface area contributed by atoms with Crippen LogP contribution in [0.2, 0.25) is 0 Å². The summed E-state index contributed by atoms with van der Waals surface area (Å²) in [5, 5.41) is 0. The van der Waals surface area contributed by atoms with Gasteiger partial charge in [0, 0.05) is 12.6 Å². The van der Waals surface area contributed by atoms with E-state index in [1.807, 2.05) is 23.2 Å². The van der Waals surface area contributed by atoms with Gasteiger partial charge in [0.25, 0.3) is 0 Å². The molecule has 2 atom stereocenters. The standard InChI is InChI=1S/C18H21NO3/c1-21-15-9-12-6-8-19-17(20)10-13-5-3-4-7-18(13,19)14(12)11-16(15)22-2/h6,8-9,11,13H,3-5,7,10H2,1-2H3/t13-,18-/m0/s1. The van der Waals surface area contributed by atoms with Gasteiger partial charge in [0.15, 0.2) is 11.5 Å². The quantitative estimate of drug-likeness (QED) is 0.841. The Morgan fingerprint density at radius 3 is 2.73 bits per heavy atom. The third-order valence-corrected chi connectivity index (χ3v) is 5.58. The van der Waals surface area contributed by atoms with Crippen molar-refractivity contribution in [2.75, 3.05) is 14.2 Å². The number of nitrogens with zero attached hydrogens (tertiary/aromatic N) is 1. The summed E-state index contributed by atoms with van der Waals surface area (Å²) in [6, 6.07) is 4.12. The molecule has 4 rings (SSSR count). The zero-order chi connectivity index (χ0) is 15.3. The van der Waals surface area contributed by atoms with Crippen LogP contribution < -0.4 is 9.47 Å². The molecule has 1 saturated heterocycles. The van der Waals surface area contributed by atoms with E-state index < -0.39 is 0 Å². The van der Waals surface area contributed by atoms with E-state index in [1.165, 1.54) is 18.4 Å². The molecule has 0 aromatic heterocycles. The van der Waals surface area contributed by atoms with Crippen LogP contribution in [0.3, 0.4) is 0 Å². The van der Waals surface area contributed by atoms with Gasteiger partial charge in [-0.1, -0.05) is 12.8 Å². The van der Waals surface area contributed by atoms with Crippen molar-refractivity contribution in [2.24, 2.45) is 5.92 Å². The largest absolute Gasteiger partial charge is 0.493 e. The predicted octanol–water partition coefficient (Wildman–Crippen LogP) is 3.31. The summed E-state index contributed by atoms with van der Waals surface area (Å²) in [4.78, 5) is 14.5. The summed E-state index contributed by atoms with van der Waals surface area (Å²) in [7, 11) is 3.32. The third kappa shape index (κ3) is 1.61. The number of hydrogen-bond acceptors (Lipinski definition) is 3. The van der Waals surface area contributed by atoms with Crippen molar-refractivity contribution in [3.8, 4) is 11.5 Å². The van der Waals surface area contributed by atoms with Crippen LogP contribution in [-0.4, -0.2) is 25.0 Å². The highest BCUT2D eigenvalue weighted by Crippen LogP contribution is 2.56. The number of amides is 1. The van der Waals surface area contributed by atoms with Crippen molar-refractivity contribution >= 4 is 12.0 Å². The van der Waals surface area contributed by atoms with Gasteiger partial charge in [-0.25, -0.2) is 0 Å². The van der Waals surface area contributed by atoms with Crippen LogP contribution in [0.15, 0.2) is 18.3 Å². The first-order chi connectivity index (χ1) is 10.7. The van der Waals surface area contributed by atoms with Crippen LogP contribution in [-0.2, 0) is 10.3 Å². The Kier molecular flexibility index (Phi) is 2.96. The molecule has 1 aromatic rings. The van der Waals surface area contributed by atoms with Crippen molar-refractivity contribution in [1.29, 1.82) is 0 Å². The molecule has 1 saturated carbocycles. The minimum absolute atomic E-state index is 0.168. The molecule has 1 amide bonds. The van der Waals surface area contributed by atoms with E-state index in [9.17, 15) is 4.79 Å². The number of carbonyl (C=O) groups excluding carboxylic acids is 1. The summed E-state index contributed by atoms with van der Waals surface area (Å²) in [6.45, 7) is 0. The molecular formula is C18H21NO3. The lowest BCUT2D eigenvalue weighted by Gasteiger charge is -2.47. The van der Waals surface area contributed by atoms with Crippen LogP contribution in [0.1, 0.15) is 43.2 Å². The van der Waals surface area contributed by atoms with Gasteiger partial charge in [-0.2, -0.15) is 0 Å². The summed E-state index contributed by atoms with van der Waals surface area (Å²) < 4.78 is 10.9. The second-order valence-corrected chi connectivity index (χ2v) is 6.45. The highest BCUT2D eigenvalue weighted by molar-refractivity contribution is 5.85. The monoisotopic (exact) mass is 299 g/mol. The summed E-state index contributed by atoms with van der Waals surface area (Å²) in [5.74, 6) is 2.15. The van der Waals surface area contributed by atoms with Gasteiger partial charge >= 0.3 is 0 Å². The number of methoxy groups -OCH3 is 2. The van der Waals surface area contributed by atoms with E-state index in [2.05, 4.69) is 6.07 Å². The molecular weight excluding hydrogens is 278 g/mol. The zero-order valence-electron chi connectivity index (χ0n) is 13.1. The average molecular weight is 299 g/mol. The van der Waals surface area contributed by atoms with Crippen LogP contribution in [0.25, 0.3) is 6.08 Å². The molecule has 0 radical (unpaired) electrons. The van der Waals surface area contributed by atoms with Crippen molar-refractivity contribution in [2.45, 2.75) is 37.6 Å². The molecule has 0 bridgehead atoms. The van der Waals surface area contributed by atoms with Gasteiger partial charge in [0.05, 0.1) is 19.8 Å². The Hall–Kier alpha value is -1.97. The first kappa shape index (κ1) is 13.7. The molecule has 2 fully saturated rings. The molecule has 4 heteroatoms. The molecule has 1 spiro atoms. The van der Waals surface area contributed by atoms with Gasteiger partial charge in [-0.3, -0.25) is 4.79 Å². The zero-order valence-corrected chi connectivity index (χ0v) is 13.1. The number of rotatable bonds is 2. The predicted molar refractivity (Wildman–Crippen MR) is 83.7 cm³/mol. The summed E-state index contributed by atoms with van der Waals surface area (Å²) in [6.07, 6.45) is 9.22. The van der Waals surface area contributed by atoms with Crippen molar-refractivity contribution < 1.29 is 14.3 Å². The first-order valence-electron chi connectivity index (χ1n) is 7.97. The fraction of sp³-hybridized carbons (Fsp3) is 0.500. The Morgan fingerprint density at radius 1 is 1.18 bits per heavy atom. The second-order valence-electron chi connectivity index (χ2n) is 6.45. The lowest BCUT2D eigenvalue weighted by atomic mass is 9.67. The number of ether oxygens (including phenoxy) is 2. The molecule has 0 N–H and O–H groups in total. The highest BCUT2D eigenvalue weighted by atomic mass is 16.5. The minimum atomic E-state index is -0.168. The van der Waals surface area contributed by atoms with E-state index >= 15 is 0 Å². The first-order valence-corrected chi connectivity index (χ1v) is 7.97. The number of carbonyl (C=O) groups is 1. The third-order valence-electron chi connectivity index (χ3n) is 5.58. The van der Waals surface area contributed by atoms with E-state index in [0.29, 0.717) is 12.3 Å². The maximum absolute atomic E-state index is 12.5. The molecule has 0 unspecified atom stereocenters. The van der Waals surface area contributed by atoms with Crippen LogP contribution in [0.4, 0.5) is 0 Å². The van der Waals surface area contributed by atoms with Crippen molar-refractivity contribution in [3.63, 3.8) is 0 Å². The molecule has 2 heterocycles. The van der Waals surface area contributed by atoms with Crippen LogP contribution in [0.5, 0.6) is 11.5 Å². The Morgan fingerprint density at radius 2 is 1.95 bits per heavy atom. The normalized spacial score (nSPS) is 28.9. The maximum atomic E-state index is 12.5. The molecule has 22 heavy (non-hydrogen) atoms. The average Bonchev–Trinajstić information content (AvgIpc) is 2.86. The van der Waals surface area contributed by atoms with Crippen LogP contribution >= 0.6 is 0 Å². The summed E-state index contributed by atoms with van der Waals surface area (Å²) in [5.41, 5.74) is 2.21. The topological polar surface area (TPSA) is 38.8 Å². The highest BCUT2D eigenvalue weighted by Gasteiger charge is 2.55. The van der Waals surface area contributed by atoms with E-state index in [-0.39, 0.29) is 11.4 Å². The smallest absolute Gasteiger partial charge is 0.227 e. The van der Waals surface area contributed by atoms with Gasteiger partial charge in [0.1, 0.15) is 0 Å². The molecule has 1 aliphatic carbocycles. The molecule has 116 valence electrons. The molecule has 4 nitrogen and oxygen atoms in total. The molecule has 2 aliphatic heterocycles. The van der Waals surface area contributed by atoms with Gasteiger partial charge < -0.3 is 14.4 Å². The Labute approximate surface area is 130 Å². The Balaban J connectivity index is 1.94. The van der Waals surface area contributed by atoms with E-state index in [4.69, 9.17) is 9.47 Å². The summed E-state index contributed by atoms with van der Waals surface area (Å²) >= 11 is 0. The SMILES string of the molecule is COc1cc2c(cc1OC)[C@]13CCCC[C@H]1CC(=O)N3C=C2. The Bertz CT molecular complexity index is 667. The fourth-order valence-corrected chi connectivity index (χ4v) is 4.61. The van der Waals surface area contributed by atoms with E-state index in [1.54, 1.807) is 14.2 Å². The minimum Gasteiger partial charge on any atom is -0.493 e. The van der Waals surface area contributed by atoms with Gasteiger partial charge in [-0.05, 0) is 48.1 Å². The molecule has 1 aromatic carbocycles. The lowest BCUT2D eigenvalue weighted by Crippen LogP contribution is -2.47. The van der Waals surface area contributed by atoms with Crippen LogP contribution in [0, 0.1) is 5.92 Å². The van der Waals surface area contributed by atoms with Gasteiger partial charge in [-0.15, -0.1) is 0 Å². The lowest BCUT2D eigenvalue weighted by molar-refractivity contribution is -0.128. The van der Waals surface area contributed by atoms with Gasteiger partial charge in [0.2, 0.25) is 5.91 Å². The van der Waals surface area contributed by atoms with Crippen molar-refractivity contribution in [3.05, 3.63) is 29.5 Å². The van der Waals surface area contributed by atoms with E-state index in [0.717, 1.165) is 29.9 Å². The van der Waals surface area contributed by atoms with Crippen molar-refractivity contribution in [1.82, 2.24) is 4.90 Å².